The highest BCUT2D eigenvalue weighted by Crippen LogP contribution is 2.41. The lowest BCUT2D eigenvalue weighted by molar-refractivity contribution is 0.276. The van der Waals surface area contributed by atoms with Gasteiger partial charge in [-0.3, -0.25) is 0 Å². The van der Waals surface area contributed by atoms with Gasteiger partial charge in [0.05, 0.1) is 5.02 Å². The fourth-order valence-corrected chi connectivity index (χ4v) is 4.79. The van der Waals surface area contributed by atoms with Crippen molar-refractivity contribution in [3.63, 3.8) is 0 Å². The van der Waals surface area contributed by atoms with E-state index >= 15 is 0 Å². The Labute approximate surface area is 208 Å². The van der Waals surface area contributed by atoms with Crippen molar-refractivity contribution >= 4 is 31.6 Å². The molecular formula is C23H27ClFN3O4PS+. The first kappa shape index (κ1) is 26.7. The van der Waals surface area contributed by atoms with Gasteiger partial charge in [-0.25, -0.2) is 4.39 Å². The standard InChI is InChI=1S/C23H26ClFN3O4PS/c1-2-3-8-20(18-6-4-7-19(24)21(18)25)34-23-28-27-22(32-23)17-11-9-16(10-12-17)15-26-13-5-14-31-33(29)30/h4,6-7,9-12,20,26H,2-3,5,8,13-15H2,1H3/p+1. The van der Waals surface area contributed by atoms with Crippen LogP contribution in [0.15, 0.2) is 52.1 Å². The number of nitrogens with zero attached hydrogens (tertiary/aromatic N) is 2. The van der Waals surface area contributed by atoms with Crippen LogP contribution in [-0.2, 0) is 15.6 Å². The summed E-state index contributed by atoms with van der Waals surface area (Å²) in [6, 6.07) is 12.8. The van der Waals surface area contributed by atoms with Crippen molar-refractivity contribution in [1.82, 2.24) is 15.5 Å². The Kier molecular flexibility index (Phi) is 10.9. The highest BCUT2D eigenvalue weighted by Gasteiger charge is 2.22. The largest absolute Gasteiger partial charge is 0.694 e. The first-order valence-electron chi connectivity index (χ1n) is 11.0. The molecule has 3 rings (SSSR count). The van der Waals surface area contributed by atoms with Crippen molar-refractivity contribution < 1.29 is 22.8 Å². The molecule has 0 aliphatic rings. The maximum Gasteiger partial charge on any atom is 0.694 e. The molecule has 0 saturated carbocycles. The molecule has 0 spiro atoms. The third-order valence-electron chi connectivity index (χ3n) is 5.03. The van der Waals surface area contributed by atoms with E-state index in [1.165, 1.54) is 11.8 Å². The fourth-order valence-electron chi connectivity index (χ4n) is 3.27. The Hall–Kier alpha value is -1.87. The summed E-state index contributed by atoms with van der Waals surface area (Å²) in [5, 5.41) is 11.9. The second kappa shape index (κ2) is 13.9. The Balaban J connectivity index is 1.59. The van der Waals surface area contributed by atoms with E-state index < -0.39 is 14.1 Å². The minimum atomic E-state index is -2.53. The van der Waals surface area contributed by atoms with Gasteiger partial charge < -0.3 is 9.73 Å². The lowest BCUT2D eigenvalue weighted by atomic mass is 10.1. The van der Waals surface area contributed by atoms with Crippen LogP contribution < -0.4 is 5.32 Å². The molecule has 2 aromatic carbocycles. The lowest BCUT2D eigenvalue weighted by Crippen LogP contribution is -2.15. The average Bonchev–Trinajstić information content (AvgIpc) is 3.29. The number of rotatable bonds is 14. The van der Waals surface area contributed by atoms with Gasteiger partial charge in [0.2, 0.25) is 5.89 Å². The summed E-state index contributed by atoms with van der Waals surface area (Å²) in [6.07, 6.45) is 3.34. The molecule has 1 aromatic heterocycles. The van der Waals surface area contributed by atoms with Crippen LogP contribution >= 0.6 is 31.6 Å². The third kappa shape index (κ3) is 8.12. The van der Waals surface area contributed by atoms with Crippen molar-refractivity contribution in [3.05, 3.63) is 64.4 Å². The van der Waals surface area contributed by atoms with Gasteiger partial charge in [-0.1, -0.05) is 67.4 Å². The minimum absolute atomic E-state index is 0.107. The molecule has 2 atom stereocenters. The van der Waals surface area contributed by atoms with Crippen molar-refractivity contribution in [1.29, 1.82) is 0 Å². The molecule has 7 nitrogen and oxygen atoms in total. The highest BCUT2D eigenvalue weighted by atomic mass is 35.5. The second-order valence-corrected chi connectivity index (χ2v) is 9.86. The molecule has 0 radical (unpaired) electrons. The SMILES string of the molecule is CCCCC(Sc1nnc(-c2ccc(CNCCCO[P+](=O)O)cc2)o1)c1cccc(Cl)c1F. The van der Waals surface area contributed by atoms with Crippen LogP contribution in [0, 0.1) is 5.82 Å². The zero-order valence-electron chi connectivity index (χ0n) is 18.7. The van der Waals surface area contributed by atoms with Crippen LogP contribution in [0.3, 0.4) is 0 Å². The van der Waals surface area contributed by atoms with Crippen LogP contribution in [0.5, 0.6) is 0 Å². The molecule has 0 saturated heterocycles. The molecule has 1 heterocycles. The molecule has 2 unspecified atom stereocenters. The van der Waals surface area contributed by atoms with Gasteiger partial charge in [0, 0.05) is 27.5 Å². The van der Waals surface area contributed by atoms with Gasteiger partial charge in [-0.15, -0.1) is 19.6 Å². The van der Waals surface area contributed by atoms with Crippen molar-refractivity contribution in [3.8, 4) is 11.5 Å². The number of thioether (sulfide) groups is 1. The summed E-state index contributed by atoms with van der Waals surface area (Å²) in [6.45, 7) is 3.65. The van der Waals surface area contributed by atoms with Gasteiger partial charge in [0.1, 0.15) is 12.4 Å². The first-order chi connectivity index (χ1) is 16.5. The van der Waals surface area contributed by atoms with Crippen LogP contribution in [0.1, 0.15) is 49.0 Å². The second-order valence-electron chi connectivity index (χ2n) is 7.56. The summed E-state index contributed by atoms with van der Waals surface area (Å²) in [7, 11) is -2.53. The smallest absolute Gasteiger partial charge is 0.411 e. The Morgan fingerprint density at radius 1 is 1.24 bits per heavy atom. The number of halogens is 2. The number of unbranched alkanes of at least 4 members (excludes halogenated alkanes) is 1. The summed E-state index contributed by atoms with van der Waals surface area (Å²) in [5.41, 5.74) is 2.41. The van der Waals surface area contributed by atoms with Gasteiger partial charge in [-0.2, -0.15) is 0 Å². The molecule has 0 bridgehead atoms. The molecule has 0 fully saturated rings. The molecule has 0 aliphatic carbocycles. The first-order valence-corrected chi connectivity index (χ1v) is 13.4. The maximum atomic E-state index is 14.6. The quantitative estimate of drug-likeness (QED) is 0.136. The number of benzene rings is 2. The molecular weight excluding hydrogens is 500 g/mol. The molecule has 2 N–H and O–H groups in total. The molecule has 182 valence electrons. The van der Waals surface area contributed by atoms with E-state index in [9.17, 15) is 8.96 Å². The number of hydrogen-bond acceptors (Lipinski definition) is 7. The van der Waals surface area contributed by atoms with Crippen molar-refractivity contribution in [2.75, 3.05) is 13.2 Å². The zero-order valence-corrected chi connectivity index (χ0v) is 21.2. The van der Waals surface area contributed by atoms with Crippen LogP contribution in [0.4, 0.5) is 4.39 Å². The number of hydrogen-bond donors (Lipinski definition) is 2. The molecule has 3 aromatic rings. The predicted octanol–water partition coefficient (Wildman–Crippen LogP) is 6.70. The summed E-state index contributed by atoms with van der Waals surface area (Å²) in [5.74, 6) is -0.00354. The van der Waals surface area contributed by atoms with E-state index in [4.69, 9.17) is 20.9 Å². The predicted molar refractivity (Wildman–Crippen MR) is 131 cm³/mol. The Bertz CT molecular complexity index is 1070. The lowest BCUT2D eigenvalue weighted by Gasteiger charge is -2.15. The maximum absolute atomic E-state index is 14.6. The van der Waals surface area contributed by atoms with E-state index in [1.54, 1.807) is 18.2 Å². The molecule has 0 amide bonds. The van der Waals surface area contributed by atoms with E-state index in [-0.39, 0.29) is 16.9 Å². The average molecular weight is 527 g/mol. The van der Waals surface area contributed by atoms with Crippen LogP contribution in [-0.4, -0.2) is 28.2 Å². The van der Waals surface area contributed by atoms with Gasteiger partial charge in [-0.05, 0) is 43.1 Å². The zero-order chi connectivity index (χ0) is 24.3. The topological polar surface area (TPSA) is 97.5 Å². The molecule has 34 heavy (non-hydrogen) atoms. The van der Waals surface area contributed by atoms with Gasteiger partial charge in [0.25, 0.3) is 5.22 Å². The summed E-state index contributed by atoms with van der Waals surface area (Å²) in [4.78, 5) is 8.59. The molecule has 0 aliphatic heterocycles. The highest BCUT2D eigenvalue weighted by molar-refractivity contribution is 7.99. The number of nitrogens with one attached hydrogen (secondary N) is 1. The van der Waals surface area contributed by atoms with Crippen molar-refractivity contribution in [2.45, 2.75) is 49.6 Å². The van der Waals surface area contributed by atoms with E-state index in [0.717, 1.165) is 30.4 Å². The van der Waals surface area contributed by atoms with Crippen LogP contribution in [0.25, 0.3) is 11.5 Å². The number of aromatic nitrogens is 2. The minimum Gasteiger partial charge on any atom is -0.411 e. The van der Waals surface area contributed by atoms with E-state index in [2.05, 4.69) is 27.0 Å². The fraction of sp³-hybridized carbons (Fsp3) is 0.391. The summed E-state index contributed by atoms with van der Waals surface area (Å²) >= 11 is 7.34. The van der Waals surface area contributed by atoms with Crippen molar-refractivity contribution in [2.24, 2.45) is 0 Å². The molecule has 11 heteroatoms. The Morgan fingerprint density at radius 2 is 2.03 bits per heavy atom. The van der Waals surface area contributed by atoms with Gasteiger partial charge >= 0.3 is 8.25 Å². The van der Waals surface area contributed by atoms with E-state index in [1.807, 2.05) is 24.3 Å². The van der Waals surface area contributed by atoms with Gasteiger partial charge in [0.15, 0.2) is 0 Å². The normalized spacial score (nSPS) is 12.6. The Morgan fingerprint density at radius 3 is 2.76 bits per heavy atom. The van der Waals surface area contributed by atoms with Crippen LogP contribution in [0.2, 0.25) is 5.02 Å². The summed E-state index contributed by atoms with van der Waals surface area (Å²) < 4.78 is 35.6. The third-order valence-corrected chi connectivity index (χ3v) is 6.86. The monoisotopic (exact) mass is 526 g/mol. The van der Waals surface area contributed by atoms with E-state index in [0.29, 0.717) is 36.2 Å².